The van der Waals surface area contributed by atoms with Gasteiger partial charge >= 0.3 is 0 Å². The largest absolute Gasteiger partial charge is 0.166 e. The number of hydrogen-bond donors (Lipinski definition) is 0. The highest BCUT2D eigenvalue weighted by atomic mass is 32.2. The molecule has 2 rings (SSSR count). The third-order valence-corrected chi connectivity index (χ3v) is 5.26. The summed E-state index contributed by atoms with van der Waals surface area (Å²) in [6.45, 7) is 5.97. The van der Waals surface area contributed by atoms with E-state index >= 15 is 0 Å². The molecule has 0 saturated carbocycles. The van der Waals surface area contributed by atoms with Crippen LogP contribution in [0.4, 0.5) is 0 Å². The molecule has 1 heteroatoms. The smallest absolute Gasteiger partial charge is 0.0991 e. The van der Waals surface area contributed by atoms with E-state index in [0.29, 0.717) is 0 Å². The van der Waals surface area contributed by atoms with Crippen molar-refractivity contribution in [3.05, 3.63) is 96.5 Å². The summed E-state index contributed by atoms with van der Waals surface area (Å²) in [7, 11) is -0.0639. The second kappa shape index (κ2) is 8.33. The second-order valence-electron chi connectivity index (χ2n) is 4.54. The van der Waals surface area contributed by atoms with Gasteiger partial charge in [-0.1, -0.05) is 62.1 Å². The summed E-state index contributed by atoms with van der Waals surface area (Å²) in [6, 6.07) is 21.4. The minimum absolute atomic E-state index is 0.0639. The Kier molecular flexibility index (Phi) is 6.11. The molecule has 0 fully saturated rings. The summed E-state index contributed by atoms with van der Waals surface area (Å²) in [5, 5.41) is 0. The van der Waals surface area contributed by atoms with Crippen LogP contribution in [0.25, 0.3) is 0 Å². The van der Waals surface area contributed by atoms with Crippen LogP contribution in [0.2, 0.25) is 0 Å². The van der Waals surface area contributed by atoms with Gasteiger partial charge in [0, 0.05) is 0 Å². The van der Waals surface area contributed by atoms with Crippen LogP contribution in [0.1, 0.15) is 13.3 Å². The predicted octanol–water partition coefficient (Wildman–Crippen LogP) is 5.76. The SMILES string of the molecule is C=C/C=C\C(=C/CC)[S+](c1ccccc1)c1ccccc1. The zero-order valence-corrected chi connectivity index (χ0v) is 13.2. The first-order valence-electron chi connectivity index (χ1n) is 7.20. The maximum Gasteiger partial charge on any atom is 0.166 e. The van der Waals surface area contributed by atoms with Crippen molar-refractivity contribution in [2.75, 3.05) is 0 Å². The minimum atomic E-state index is -0.0639. The molecular formula is C20H21S+. The highest BCUT2D eigenvalue weighted by Gasteiger charge is 2.28. The monoisotopic (exact) mass is 293 g/mol. The van der Waals surface area contributed by atoms with Crippen molar-refractivity contribution in [1.82, 2.24) is 0 Å². The van der Waals surface area contributed by atoms with Crippen LogP contribution in [-0.4, -0.2) is 0 Å². The van der Waals surface area contributed by atoms with Crippen molar-refractivity contribution in [2.45, 2.75) is 23.1 Å². The van der Waals surface area contributed by atoms with Gasteiger partial charge in [-0.05, 0) is 42.8 Å². The van der Waals surface area contributed by atoms with Gasteiger partial charge < -0.3 is 0 Å². The fraction of sp³-hybridized carbons (Fsp3) is 0.100. The third kappa shape index (κ3) is 4.24. The summed E-state index contributed by atoms with van der Waals surface area (Å²) in [4.78, 5) is 4.03. The number of rotatable bonds is 6. The fourth-order valence-corrected chi connectivity index (χ4v) is 4.33. The Bertz CT molecular complexity index is 569. The van der Waals surface area contributed by atoms with Crippen molar-refractivity contribution < 1.29 is 0 Å². The van der Waals surface area contributed by atoms with Crippen LogP contribution in [0, 0.1) is 0 Å². The first-order chi connectivity index (χ1) is 10.4. The van der Waals surface area contributed by atoms with E-state index in [-0.39, 0.29) is 10.9 Å². The zero-order chi connectivity index (χ0) is 14.9. The van der Waals surface area contributed by atoms with Crippen LogP contribution < -0.4 is 0 Å². The molecule has 0 radical (unpaired) electrons. The molecule has 0 spiro atoms. The molecule has 0 bridgehead atoms. The molecule has 2 aromatic carbocycles. The zero-order valence-electron chi connectivity index (χ0n) is 12.4. The second-order valence-corrected chi connectivity index (χ2v) is 6.57. The average molecular weight is 293 g/mol. The molecule has 21 heavy (non-hydrogen) atoms. The number of benzene rings is 2. The lowest BCUT2D eigenvalue weighted by atomic mass is 10.3. The van der Waals surface area contributed by atoms with E-state index < -0.39 is 0 Å². The Labute approximate surface area is 130 Å². The molecule has 0 aliphatic heterocycles. The molecule has 0 heterocycles. The predicted molar refractivity (Wildman–Crippen MR) is 94.5 cm³/mol. The lowest BCUT2D eigenvalue weighted by Crippen LogP contribution is -2.05. The van der Waals surface area contributed by atoms with Crippen LogP contribution in [0.5, 0.6) is 0 Å². The minimum Gasteiger partial charge on any atom is -0.0991 e. The standard InChI is InChI=1S/C20H21S/c1-3-5-13-18(12-4-2)21(19-14-8-6-9-15-19)20-16-10-7-11-17-20/h3,5-17H,1,4H2,2H3/q+1/b13-5-,18-12+. The van der Waals surface area contributed by atoms with Gasteiger partial charge in [-0.15, -0.1) is 0 Å². The van der Waals surface area contributed by atoms with Crippen LogP contribution in [0.15, 0.2) is 106 Å². The molecule has 0 saturated heterocycles. The maximum atomic E-state index is 3.79. The summed E-state index contributed by atoms with van der Waals surface area (Å²) < 4.78 is 0. The highest BCUT2D eigenvalue weighted by Crippen LogP contribution is 2.31. The van der Waals surface area contributed by atoms with Crippen LogP contribution in [-0.2, 0) is 10.9 Å². The van der Waals surface area contributed by atoms with E-state index in [1.165, 1.54) is 14.7 Å². The Hall–Kier alpha value is -1.99. The van der Waals surface area contributed by atoms with Crippen molar-refractivity contribution >= 4 is 10.9 Å². The molecule has 2 aromatic rings. The Morgan fingerprint density at radius 3 is 1.90 bits per heavy atom. The van der Waals surface area contributed by atoms with Gasteiger partial charge in [0.15, 0.2) is 14.7 Å². The van der Waals surface area contributed by atoms with Crippen LogP contribution in [0.3, 0.4) is 0 Å². The molecule has 0 amide bonds. The quantitative estimate of drug-likeness (QED) is 0.469. The van der Waals surface area contributed by atoms with Gasteiger partial charge in [0.1, 0.15) is 0 Å². The summed E-state index contributed by atoms with van der Waals surface area (Å²) in [5.74, 6) is 0. The van der Waals surface area contributed by atoms with Crippen molar-refractivity contribution in [3.8, 4) is 0 Å². The summed E-state index contributed by atoms with van der Waals surface area (Å²) in [5.41, 5.74) is 0. The van der Waals surface area contributed by atoms with Gasteiger partial charge in [-0.3, -0.25) is 0 Å². The molecule has 0 nitrogen and oxygen atoms in total. The summed E-state index contributed by atoms with van der Waals surface area (Å²) >= 11 is 0. The maximum absolute atomic E-state index is 3.79. The normalized spacial score (nSPS) is 12.0. The molecule has 0 aliphatic carbocycles. The van der Waals surface area contributed by atoms with E-state index in [2.05, 4.69) is 86.3 Å². The molecule has 0 aromatic heterocycles. The Morgan fingerprint density at radius 2 is 1.48 bits per heavy atom. The highest BCUT2D eigenvalue weighted by molar-refractivity contribution is 8.00. The average Bonchev–Trinajstić information content (AvgIpc) is 2.55. The number of allylic oxidation sites excluding steroid dienone is 4. The van der Waals surface area contributed by atoms with Gasteiger partial charge in [0.2, 0.25) is 0 Å². The van der Waals surface area contributed by atoms with E-state index in [0.717, 1.165) is 6.42 Å². The molecule has 0 aliphatic rings. The van der Waals surface area contributed by atoms with Crippen LogP contribution >= 0.6 is 0 Å². The Balaban J connectivity index is 2.52. The van der Waals surface area contributed by atoms with Crippen molar-refractivity contribution in [1.29, 1.82) is 0 Å². The molecule has 106 valence electrons. The van der Waals surface area contributed by atoms with Gasteiger partial charge in [0.25, 0.3) is 0 Å². The molecular weight excluding hydrogens is 272 g/mol. The van der Waals surface area contributed by atoms with E-state index in [4.69, 9.17) is 0 Å². The van der Waals surface area contributed by atoms with Gasteiger partial charge in [-0.2, -0.15) is 0 Å². The summed E-state index contributed by atoms with van der Waals surface area (Å²) in [6.07, 6.45) is 9.37. The molecule has 0 atom stereocenters. The molecule has 0 unspecified atom stereocenters. The molecule has 0 N–H and O–H groups in total. The van der Waals surface area contributed by atoms with Gasteiger partial charge in [-0.25, -0.2) is 0 Å². The topological polar surface area (TPSA) is 0 Å². The van der Waals surface area contributed by atoms with Gasteiger partial charge in [0.05, 0.1) is 10.9 Å². The van der Waals surface area contributed by atoms with E-state index in [9.17, 15) is 0 Å². The fourth-order valence-electron chi connectivity index (χ4n) is 2.10. The first-order valence-corrected chi connectivity index (χ1v) is 8.43. The van der Waals surface area contributed by atoms with Crippen molar-refractivity contribution in [2.24, 2.45) is 0 Å². The van der Waals surface area contributed by atoms with E-state index in [1.54, 1.807) is 0 Å². The Morgan fingerprint density at radius 1 is 0.952 bits per heavy atom. The third-order valence-electron chi connectivity index (χ3n) is 3.00. The van der Waals surface area contributed by atoms with Crippen molar-refractivity contribution in [3.63, 3.8) is 0 Å². The lowest BCUT2D eigenvalue weighted by Gasteiger charge is -2.08. The first kappa shape index (κ1) is 15.4. The lowest BCUT2D eigenvalue weighted by molar-refractivity contribution is 1.22. The number of hydrogen-bond acceptors (Lipinski definition) is 0. The van der Waals surface area contributed by atoms with E-state index in [1.807, 2.05) is 12.2 Å².